The Morgan fingerprint density at radius 2 is 2.50 bits per heavy atom. The van der Waals surface area contributed by atoms with Crippen LogP contribution in [0.15, 0.2) is 11.4 Å². The first-order valence-electron chi connectivity index (χ1n) is 5.59. The Morgan fingerprint density at radius 1 is 1.56 bits per heavy atom. The minimum atomic E-state index is 0.173. The second kappa shape index (κ2) is 3.99. The van der Waals surface area contributed by atoms with Crippen LogP contribution >= 0.6 is 11.3 Å². The zero-order valence-corrected chi connectivity index (χ0v) is 9.97. The van der Waals surface area contributed by atoms with Crippen molar-refractivity contribution in [2.24, 2.45) is 0 Å². The van der Waals surface area contributed by atoms with E-state index in [0.717, 1.165) is 31.0 Å². The van der Waals surface area contributed by atoms with Crippen molar-refractivity contribution in [3.8, 4) is 0 Å². The molecule has 16 heavy (non-hydrogen) atoms. The first-order valence-corrected chi connectivity index (χ1v) is 6.47. The smallest absolute Gasteiger partial charge is 0.172 e. The highest BCUT2D eigenvalue weighted by atomic mass is 32.1. The van der Waals surface area contributed by atoms with Crippen molar-refractivity contribution >= 4 is 11.3 Å². The van der Waals surface area contributed by atoms with Crippen molar-refractivity contribution in [3.05, 3.63) is 33.5 Å². The van der Waals surface area contributed by atoms with E-state index in [1.807, 2.05) is 11.3 Å². The fraction of sp³-hybridized carbons (Fsp3) is 0.455. The van der Waals surface area contributed by atoms with Crippen molar-refractivity contribution in [1.82, 2.24) is 20.5 Å². The minimum Gasteiger partial charge on any atom is -0.303 e. The highest BCUT2D eigenvalue weighted by molar-refractivity contribution is 7.10. The molecule has 0 bridgehead atoms. The number of H-pyrrole nitrogens is 1. The van der Waals surface area contributed by atoms with Crippen molar-refractivity contribution < 1.29 is 0 Å². The summed E-state index contributed by atoms with van der Waals surface area (Å²) in [6.07, 6.45) is 2.02. The lowest BCUT2D eigenvalue weighted by Gasteiger charge is -2.21. The molecule has 2 aromatic rings. The summed E-state index contributed by atoms with van der Waals surface area (Å²) in [6.45, 7) is 3.09. The van der Waals surface area contributed by atoms with Gasteiger partial charge in [0.25, 0.3) is 0 Å². The third-order valence-corrected chi connectivity index (χ3v) is 3.93. The van der Waals surface area contributed by atoms with Crippen LogP contribution in [-0.4, -0.2) is 21.7 Å². The molecule has 5 heteroatoms. The van der Waals surface area contributed by atoms with Gasteiger partial charge in [0.05, 0.1) is 6.04 Å². The summed E-state index contributed by atoms with van der Waals surface area (Å²) < 4.78 is 0. The largest absolute Gasteiger partial charge is 0.303 e. The van der Waals surface area contributed by atoms with Gasteiger partial charge in [-0.2, -0.15) is 5.10 Å². The van der Waals surface area contributed by atoms with Crippen LogP contribution in [-0.2, 0) is 12.8 Å². The zero-order valence-electron chi connectivity index (χ0n) is 9.16. The zero-order chi connectivity index (χ0) is 11.0. The van der Waals surface area contributed by atoms with E-state index in [1.165, 1.54) is 10.4 Å². The maximum Gasteiger partial charge on any atom is 0.172 e. The van der Waals surface area contributed by atoms with Crippen molar-refractivity contribution in [2.75, 3.05) is 6.54 Å². The molecule has 0 aliphatic carbocycles. The highest BCUT2D eigenvalue weighted by Gasteiger charge is 2.25. The number of rotatable bonds is 2. The number of hydrogen-bond acceptors (Lipinski definition) is 4. The Bertz CT molecular complexity index is 488. The molecule has 1 aliphatic heterocycles. The van der Waals surface area contributed by atoms with E-state index in [4.69, 9.17) is 0 Å². The van der Waals surface area contributed by atoms with Crippen molar-refractivity contribution in [3.63, 3.8) is 0 Å². The molecule has 3 rings (SSSR count). The van der Waals surface area contributed by atoms with Gasteiger partial charge in [-0.25, -0.2) is 4.98 Å². The molecular formula is C11H14N4S. The van der Waals surface area contributed by atoms with Crippen molar-refractivity contribution in [1.29, 1.82) is 0 Å². The minimum absolute atomic E-state index is 0.173. The molecule has 0 spiro atoms. The Labute approximate surface area is 98.1 Å². The van der Waals surface area contributed by atoms with Crippen LogP contribution in [0.2, 0.25) is 0 Å². The summed E-state index contributed by atoms with van der Waals surface area (Å²) in [5, 5.41) is 12.9. The van der Waals surface area contributed by atoms with Crippen LogP contribution in [0.1, 0.15) is 35.1 Å². The number of aromatic amines is 1. The molecule has 0 aromatic carbocycles. The molecule has 0 saturated carbocycles. The topological polar surface area (TPSA) is 53.6 Å². The molecule has 84 valence electrons. The van der Waals surface area contributed by atoms with E-state index < -0.39 is 0 Å². The third-order valence-electron chi connectivity index (χ3n) is 2.93. The van der Waals surface area contributed by atoms with Gasteiger partial charge >= 0.3 is 0 Å². The molecule has 3 heterocycles. The van der Waals surface area contributed by atoms with Crippen LogP contribution in [0.25, 0.3) is 0 Å². The molecule has 2 aromatic heterocycles. The summed E-state index contributed by atoms with van der Waals surface area (Å²) in [4.78, 5) is 5.97. The lowest BCUT2D eigenvalue weighted by atomic mass is 10.0. The quantitative estimate of drug-likeness (QED) is 0.831. The van der Waals surface area contributed by atoms with E-state index >= 15 is 0 Å². The van der Waals surface area contributed by atoms with Crippen LogP contribution in [0.5, 0.6) is 0 Å². The maximum absolute atomic E-state index is 4.51. The van der Waals surface area contributed by atoms with E-state index in [0.29, 0.717) is 0 Å². The Kier molecular flexibility index (Phi) is 2.49. The fourth-order valence-electron chi connectivity index (χ4n) is 2.08. The number of fused-ring (bicyclic) bond motifs is 1. The third kappa shape index (κ3) is 1.56. The number of aromatic nitrogens is 3. The monoisotopic (exact) mass is 234 g/mol. The molecule has 0 radical (unpaired) electrons. The number of aryl methyl sites for hydroxylation is 1. The summed E-state index contributed by atoms with van der Waals surface area (Å²) in [6, 6.07) is 2.35. The van der Waals surface area contributed by atoms with Gasteiger partial charge in [0, 0.05) is 17.8 Å². The SMILES string of the molecule is CCc1nc(C2NCCc3sccc32)n[nH]1. The number of nitrogens with zero attached hydrogens (tertiary/aromatic N) is 2. The molecule has 0 fully saturated rings. The first kappa shape index (κ1) is 9.99. The standard InChI is InChI=1S/C11H14N4S/c1-2-9-13-11(15-14-9)10-7-4-6-16-8(7)3-5-12-10/h4,6,10,12H,2-3,5H2,1H3,(H,13,14,15). The molecule has 1 unspecified atom stereocenters. The summed E-state index contributed by atoms with van der Waals surface area (Å²) in [5.74, 6) is 1.83. The van der Waals surface area contributed by atoms with E-state index in [9.17, 15) is 0 Å². The van der Waals surface area contributed by atoms with E-state index in [1.54, 1.807) is 0 Å². The van der Waals surface area contributed by atoms with Crippen LogP contribution < -0.4 is 5.32 Å². The van der Waals surface area contributed by atoms with Gasteiger partial charge in [-0.05, 0) is 23.4 Å². The maximum atomic E-state index is 4.51. The number of hydrogen-bond donors (Lipinski definition) is 2. The average Bonchev–Trinajstić information content (AvgIpc) is 2.97. The Morgan fingerprint density at radius 3 is 3.31 bits per heavy atom. The molecule has 0 saturated heterocycles. The Balaban J connectivity index is 1.97. The lowest BCUT2D eigenvalue weighted by Crippen LogP contribution is -2.30. The van der Waals surface area contributed by atoms with Crippen LogP contribution in [0, 0.1) is 0 Å². The molecule has 2 N–H and O–H groups in total. The van der Waals surface area contributed by atoms with E-state index in [2.05, 4.69) is 38.9 Å². The lowest BCUT2D eigenvalue weighted by molar-refractivity contribution is 0.551. The van der Waals surface area contributed by atoms with Gasteiger partial charge in [-0.3, -0.25) is 5.10 Å². The van der Waals surface area contributed by atoms with Gasteiger partial charge in [-0.1, -0.05) is 6.92 Å². The predicted molar refractivity (Wildman–Crippen MR) is 63.6 cm³/mol. The summed E-state index contributed by atoms with van der Waals surface area (Å²) in [7, 11) is 0. The van der Waals surface area contributed by atoms with Gasteiger partial charge in [0.15, 0.2) is 5.82 Å². The Hall–Kier alpha value is -1.20. The van der Waals surface area contributed by atoms with Gasteiger partial charge < -0.3 is 5.32 Å². The number of thiophene rings is 1. The van der Waals surface area contributed by atoms with Gasteiger partial charge in [0.1, 0.15) is 5.82 Å². The molecular weight excluding hydrogens is 220 g/mol. The van der Waals surface area contributed by atoms with Crippen molar-refractivity contribution in [2.45, 2.75) is 25.8 Å². The summed E-state index contributed by atoms with van der Waals surface area (Å²) >= 11 is 1.83. The van der Waals surface area contributed by atoms with Crippen LogP contribution in [0.3, 0.4) is 0 Å². The fourth-order valence-corrected chi connectivity index (χ4v) is 3.00. The predicted octanol–water partition coefficient (Wildman–Crippen LogP) is 1.66. The van der Waals surface area contributed by atoms with Gasteiger partial charge in [-0.15, -0.1) is 11.3 Å². The average molecular weight is 234 g/mol. The van der Waals surface area contributed by atoms with E-state index in [-0.39, 0.29) is 6.04 Å². The highest BCUT2D eigenvalue weighted by Crippen LogP contribution is 2.30. The normalized spacial score (nSPS) is 19.7. The summed E-state index contributed by atoms with van der Waals surface area (Å²) in [5.41, 5.74) is 1.35. The number of nitrogens with one attached hydrogen (secondary N) is 2. The first-order chi connectivity index (χ1) is 7.88. The molecule has 1 aliphatic rings. The van der Waals surface area contributed by atoms with Crippen LogP contribution in [0.4, 0.5) is 0 Å². The molecule has 4 nitrogen and oxygen atoms in total. The second-order valence-corrected chi connectivity index (χ2v) is 4.93. The molecule has 1 atom stereocenters. The van der Waals surface area contributed by atoms with Gasteiger partial charge in [0.2, 0.25) is 0 Å². The second-order valence-electron chi connectivity index (χ2n) is 3.93. The molecule has 0 amide bonds.